The Morgan fingerprint density at radius 2 is 1.03 bits per heavy atom. The number of hydrogen-bond acceptors (Lipinski definition) is 7. The zero-order valence-corrected chi connectivity index (χ0v) is 38.2. The minimum Gasteiger partial charge on any atom is -0.478 e. The van der Waals surface area contributed by atoms with E-state index in [1.165, 1.54) is 90.8 Å². The van der Waals surface area contributed by atoms with Crippen molar-refractivity contribution >= 4 is 46.0 Å². The lowest BCUT2D eigenvalue weighted by Crippen LogP contribution is -2.18. The van der Waals surface area contributed by atoms with Gasteiger partial charge < -0.3 is 16.2 Å². The average Bonchev–Trinajstić information content (AvgIpc) is 4.14. The third-order valence-electron chi connectivity index (χ3n) is 12.7. The number of carboxylic acids is 1. The van der Waals surface area contributed by atoms with E-state index in [1.54, 1.807) is 12.1 Å². The van der Waals surface area contributed by atoms with E-state index >= 15 is 0 Å². The maximum atomic E-state index is 13.0. The standard InChI is InChI=1S/C28H29N3O.C21H22N2O2.C7H9N/c1-19-8-11-23(12-9-19)29-28(32)25-7-5-6-22-17-26(30-27(22)25)24-13-10-21(16-20(24)2)18-31-14-3-4-15-31;1-14-11-15(13-23-9-2-3-10-23)7-8-17(14)19-12-16-5-4-6-18(21(24)25)20(16)22-19;1-6-2-4-7(8)5-3-6/h5-13,16H,3-4,14-15,17-18H2,1-2H3,(H,29,32);4-8,11H,2-3,9-10,12-13H2,1H3,(H,24,25);2-5H,8H2,1H3. The molecule has 2 saturated heterocycles. The average molecular weight is 865 g/mol. The molecule has 9 heteroatoms. The molecule has 6 aromatic rings. The molecule has 0 spiro atoms. The van der Waals surface area contributed by atoms with Crippen molar-refractivity contribution < 1.29 is 14.7 Å². The van der Waals surface area contributed by atoms with Gasteiger partial charge in [0.15, 0.2) is 0 Å². The number of nitrogens with two attached hydrogens (primary N) is 1. The summed E-state index contributed by atoms with van der Waals surface area (Å²) in [6, 6.07) is 40.2. The first-order valence-corrected chi connectivity index (χ1v) is 22.9. The van der Waals surface area contributed by atoms with E-state index < -0.39 is 5.97 Å². The van der Waals surface area contributed by atoms with Crippen LogP contribution < -0.4 is 11.1 Å². The van der Waals surface area contributed by atoms with Gasteiger partial charge in [-0.25, -0.2) is 4.79 Å². The summed E-state index contributed by atoms with van der Waals surface area (Å²) in [7, 11) is 0. The highest BCUT2D eigenvalue weighted by Crippen LogP contribution is 2.35. The van der Waals surface area contributed by atoms with E-state index in [9.17, 15) is 14.7 Å². The van der Waals surface area contributed by atoms with Crippen LogP contribution in [0.4, 0.5) is 22.7 Å². The molecule has 0 unspecified atom stereocenters. The molecule has 9 nitrogen and oxygen atoms in total. The Bertz CT molecular complexity index is 2720. The van der Waals surface area contributed by atoms with Crippen LogP contribution in [0.15, 0.2) is 131 Å². The first kappa shape index (κ1) is 44.9. The van der Waals surface area contributed by atoms with Gasteiger partial charge in [0.2, 0.25) is 0 Å². The molecule has 0 atom stereocenters. The molecular weight excluding hydrogens is 805 g/mol. The van der Waals surface area contributed by atoms with Gasteiger partial charge in [0.05, 0.1) is 33.9 Å². The van der Waals surface area contributed by atoms with Crippen LogP contribution in [0.5, 0.6) is 0 Å². The molecule has 6 aromatic carbocycles. The zero-order chi connectivity index (χ0) is 45.5. The van der Waals surface area contributed by atoms with Crippen LogP contribution in [0.25, 0.3) is 0 Å². The number of aryl methyl sites for hydroxylation is 4. The Morgan fingerprint density at radius 3 is 1.48 bits per heavy atom. The third kappa shape index (κ3) is 11.2. The summed E-state index contributed by atoms with van der Waals surface area (Å²) in [5, 5.41) is 12.4. The van der Waals surface area contributed by atoms with E-state index in [0.29, 0.717) is 17.7 Å². The Balaban J connectivity index is 0.000000155. The summed E-state index contributed by atoms with van der Waals surface area (Å²) in [6.07, 6.45) is 6.68. The van der Waals surface area contributed by atoms with Gasteiger partial charge >= 0.3 is 5.97 Å². The van der Waals surface area contributed by atoms with Crippen LogP contribution in [-0.2, 0) is 25.9 Å². The number of nitrogens with zero attached hydrogens (tertiary/aromatic N) is 4. The van der Waals surface area contributed by atoms with Gasteiger partial charge in [0.25, 0.3) is 5.91 Å². The molecule has 0 saturated carbocycles. The summed E-state index contributed by atoms with van der Waals surface area (Å²) >= 11 is 0. The van der Waals surface area contributed by atoms with E-state index in [0.717, 1.165) is 64.7 Å². The van der Waals surface area contributed by atoms with Crippen molar-refractivity contribution in [1.82, 2.24) is 9.80 Å². The number of carbonyl (C=O) groups excluding carboxylic acids is 1. The molecular formula is C56H60N6O3. The van der Waals surface area contributed by atoms with Crippen molar-refractivity contribution in [2.75, 3.05) is 37.2 Å². The van der Waals surface area contributed by atoms with Gasteiger partial charge in [-0.05, 0) is 160 Å². The number of fused-ring (bicyclic) bond motifs is 2. The number of nitrogens with one attached hydrogen (secondary N) is 1. The molecule has 65 heavy (non-hydrogen) atoms. The molecule has 10 rings (SSSR count). The normalized spacial score (nSPS) is 15.2. The predicted octanol–water partition coefficient (Wildman–Crippen LogP) is 11.4. The van der Waals surface area contributed by atoms with Crippen LogP contribution in [-0.4, -0.2) is 64.4 Å². The molecule has 0 aromatic heterocycles. The third-order valence-corrected chi connectivity index (χ3v) is 12.7. The molecule has 332 valence electrons. The molecule has 0 radical (unpaired) electrons. The number of hydrogen-bond donors (Lipinski definition) is 3. The number of nitrogen functional groups attached to an aromatic ring is 1. The summed E-state index contributed by atoms with van der Waals surface area (Å²) in [5.74, 6) is -1.03. The number of benzene rings is 6. The molecule has 4 heterocycles. The number of anilines is 2. The molecule has 2 fully saturated rings. The van der Waals surface area contributed by atoms with Crippen LogP contribution in [0.2, 0.25) is 0 Å². The highest BCUT2D eigenvalue weighted by molar-refractivity contribution is 6.13. The smallest absolute Gasteiger partial charge is 0.337 e. The van der Waals surface area contributed by atoms with Gasteiger partial charge in [0.1, 0.15) is 0 Å². The quantitative estimate of drug-likeness (QED) is 0.124. The van der Waals surface area contributed by atoms with Crippen LogP contribution in [0.1, 0.15) is 102 Å². The highest BCUT2D eigenvalue weighted by Gasteiger charge is 2.25. The molecule has 0 bridgehead atoms. The van der Waals surface area contributed by atoms with Gasteiger partial charge in [-0.3, -0.25) is 24.6 Å². The number of aromatic carboxylic acids is 1. The molecule has 4 N–H and O–H groups in total. The van der Waals surface area contributed by atoms with Crippen LogP contribution in [0.3, 0.4) is 0 Å². The predicted molar refractivity (Wildman–Crippen MR) is 266 cm³/mol. The summed E-state index contributed by atoms with van der Waals surface area (Å²) in [5.41, 5.74) is 23.4. The summed E-state index contributed by atoms with van der Waals surface area (Å²) < 4.78 is 0. The minimum absolute atomic E-state index is 0.117. The monoisotopic (exact) mass is 864 g/mol. The Hall–Kier alpha value is -6.68. The van der Waals surface area contributed by atoms with E-state index in [4.69, 9.17) is 10.7 Å². The number of likely N-dealkylation sites (tertiary alicyclic amines) is 2. The highest BCUT2D eigenvalue weighted by atomic mass is 16.4. The second kappa shape index (κ2) is 20.4. The fraction of sp³-hybridized carbons (Fsp3) is 0.286. The summed E-state index contributed by atoms with van der Waals surface area (Å²) in [4.78, 5) is 39.0. The number of amides is 1. The topological polar surface area (TPSA) is 124 Å². The number of rotatable bonds is 9. The van der Waals surface area contributed by atoms with Gasteiger partial charge in [-0.2, -0.15) is 0 Å². The fourth-order valence-corrected chi connectivity index (χ4v) is 9.20. The number of carbonyl (C=O) groups is 2. The van der Waals surface area contributed by atoms with Crippen molar-refractivity contribution in [3.8, 4) is 0 Å². The molecule has 1 amide bonds. The van der Waals surface area contributed by atoms with Crippen LogP contribution in [0, 0.1) is 27.7 Å². The van der Waals surface area contributed by atoms with Crippen molar-refractivity contribution in [1.29, 1.82) is 0 Å². The zero-order valence-electron chi connectivity index (χ0n) is 38.2. The van der Waals surface area contributed by atoms with E-state index in [1.807, 2.05) is 80.6 Å². The number of aliphatic imine (C=N–C) groups is 2. The minimum atomic E-state index is -0.917. The first-order valence-electron chi connectivity index (χ1n) is 22.9. The Labute approximate surface area is 383 Å². The van der Waals surface area contributed by atoms with E-state index in [-0.39, 0.29) is 11.5 Å². The van der Waals surface area contributed by atoms with Crippen molar-refractivity contribution in [2.24, 2.45) is 9.98 Å². The molecule has 4 aliphatic heterocycles. The van der Waals surface area contributed by atoms with Crippen molar-refractivity contribution in [3.63, 3.8) is 0 Å². The molecule has 0 aliphatic carbocycles. The second-order valence-corrected chi connectivity index (χ2v) is 17.9. The Morgan fingerprint density at radius 1 is 0.585 bits per heavy atom. The fourth-order valence-electron chi connectivity index (χ4n) is 9.20. The number of carboxylic acid groups (broad SMARTS) is 1. The maximum Gasteiger partial charge on any atom is 0.337 e. The molecule has 4 aliphatic rings. The summed E-state index contributed by atoms with van der Waals surface area (Å²) in [6.45, 7) is 15.2. The number of para-hydroxylation sites is 2. The van der Waals surface area contributed by atoms with Crippen molar-refractivity contribution in [2.45, 2.75) is 79.3 Å². The lowest BCUT2D eigenvalue weighted by molar-refractivity contribution is 0.0697. The van der Waals surface area contributed by atoms with Crippen LogP contribution >= 0.6 is 0 Å². The lowest BCUT2D eigenvalue weighted by Gasteiger charge is -2.16. The van der Waals surface area contributed by atoms with E-state index in [2.05, 4.69) is 76.4 Å². The van der Waals surface area contributed by atoms with Gasteiger partial charge in [-0.15, -0.1) is 0 Å². The van der Waals surface area contributed by atoms with Gasteiger partial charge in [-0.1, -0.05) is 96.1 Å². The SMILES string of the molecule is Cc1cc(CN2CCCC2)ccc1C1=Nc2c(cccc2C(=O)O)C1.Cc1ccc(N)cc1.Cc1ccc(NC(=O)c2cccc3c2N=C(c2ccc(CN4CCCC4)cc2C)C3)cc1. The maximum absolute atomic E-state index is 13.0. The first-order chi connectivity index (χ1) is 31.5. The van der Waals surface area contributed by atoms with Gasteiger partial charge in [0, 0.05) is 37.3 Å². The largest absolute Gasteiger partial charge is 0.478 e. The lowest BCUT2D eigenvalue weighted by atomic mass is 9.97. The second-order valence-electron chi connectivity index (χ2n) is 17.9. The Kier molecular flexibility index (Phi) is 14.1. The van der Waals surface area contributed by atoms with Crippen molar-refractivity contribution in [3.05, 3.63) is 188 Å².